The van der Waals surface area contributed by atoms with Gasteiger partial charge in [0.1, 0.15) is 5.82 Å². The van der Waals surface area contributed by atoms with Crippen LogP contribution in [-0.2, 0) is 4.79 Å². The Hall–Kier alpha value is -1.66. The lowest BCUT2D eigenvalue weighted by molar-refractivity contribution is -0.122. The minimum atomic E-state index is -0.347. The number of amides is 2. The number of hydrogen-bond acceptors (Lipinski definition) is 4. The monoisotopic (exact) mass is 266 g/mol. The molecule has 94 valence electrons. The molecular formula is C12H11FN2O2S. The van der Waals surface area contributed by atoms with E-state index in [1.807, 2.05) is 0 Å². The highest BCUT2D eigenvalue weighted by Gasteiger charge is 2.34. The van der Waals surface area contributed by atoms with Gasteiger partial charge in [0.2, 0.25) is 0 Å². The van der Waals surface area contributed by atoms with Crippen LogP contribution < -0.4 is 5.73 Å². The fourth-order valence-electron chi connectivity index (χ4n) is 1.53. The highest BCUT2D eigenvalue weighted by molar-refractivity contribution is 8.18. The number of benzene rings is 1. The Balaban J connectivity index is 2.22. The molecule has 0 atom stereocenters. The van der Waals surface area contributed by atoms with E-state index in [0.29, 0.717) is 10.5 Å². The third kappa shape index (κ3) is 2.60. The third-order valence-corrected chi connectivity index (χ3v) is 3.30. The summed E-state index contributed by atoms with van der Waals surface area (Å²) in [5, 5.41) is -0.321. The first-order valence-electron chi connectivity index (χ1n) is 5.33. The average Bonchev–Trinajstić information content (AvgIpc) is 2.60. The first-order chi connectivity index (χ1) is 8.61. The maximum absolute atomic E-state index is 12.7. The number of rotatable bonds is 3. The van der Waals surface area contributed by atoms with E-state index in [1.54, 1.807) is 18.2 Å². The number of hydrogen-bond donors (Lipinski definition) is 1. The average molecular weight is 266 g/mol. The summed E-state index contributed by atoms with van der Waals surface area (Å²) >= 11 is 0.870. The zero-order valence-electron chi connectivity index (χ0n) is 9.43. The molecule has 0 radical (unpaired) electrons. The molecule has 1 aliphatic heterocycles. The molecule has 0 aliphatic carbocycles. The van der Waals surface area contributed by atoms with E-state index in [2.05, 4.69) is 0 Å². The largest absolute Gasteiger partial charge is 0.329 e. The molecule has 2 rings (SSSR count). The molecule has 1 aromatic carbocycles. The predicted octanol–water partition coefficient (Wildman–Crippen LogP) is 1.82. The van der Waals surface area contributed by atoms with Gasteiger partial charge in [0.15, 0.2) is 0 Å². The van der Waals surface area contributed by atoms with Gasteiger partial charge in [0, 0.05) is 13.1 Å². The fraction of sp³-hybridized carbons (Fsp3) is 0.167. The molecule has 1 heterocycles. The number of carbonyl (C=O) groups excluding carboxylic acids is 2. The van der Waals surface area contributed by atoms with Crippen molar-refractivity contribution in [3.8, 4) is 0 Å². The molecule has 0 aromatic heterocycles. The van der Waals surface area contributed by atoms with Crippen molar-refractivity contribution in [3.05, 3.63) is 40.6 Å². The number of nitrogens with two attached hydrogens (primary N) is 1. The zero-order valence-corrected chi connectivity index (χ0v) is 10.2. The lowest BCUT2D eigenvalue weighted by Gasteiger charge is -2.09. The van der Waals surface area contributed by atoms with Crippen molar-refractivity contribution in [2.45, 2.75) is 0 Å². The van der Waals surface area contributed by atoms with Gasteiger partial charge in [-0.3, -0.25) is 14.5 Å². The van der Waals surface area contributed by atoms with Crippen molar-refractivity contribution in [1.29, 1.82) is 0 Å². The molecule has 0 bridgehead atoms. The molecule has 0 unspecified atom stereocenters. The summed E-state index contributed by atoms with van der Waals surface area (Å²) in [5.41, 5.74) is 6.01. The van der Waals surface area contributed by atoms with E-state index in [0.717, 1.165) is 16.7 Å². The Morgan fingerprint density at radius 3 is 2.56 bits per heavy atom. The van der Waals surface area contributed by atoms with Gasteiger partial charge in [-0.15, -0.1) is 0 Å². The van der Waals surface area contributed by atoms with Crippen LogP contribution in [0.5, 0.6) is 0 Å². The standard InChI is InChI=1S/C12H11FN2O2S/c13-9-3-1-8(2-4-9)7-10-11(16)15(6-5-14)12(17)18-10/h1-4,7H,5-6,14H2/b10-7-. The van der Waals surface area contributed by atoms with Crippen LogP contribution in [0, 0.1) is 5.82 Å². The highest BCUT2D eigenvalue weighted by atomic mass is 32.2. The smallest absolute Gasteiger partial charge is 0.293 e. The van der Waals surface area contributed by atoms with Crippen LogP contribution in [0.15, 0.2) is 29.2 Å². The van der Waals surface area contributed by atoms with Crippen molar-refractivity contribution in [1.82, 2.24) is 4.90 Å². The summed E-state index contributed by atoms with van der Waals surface area (Å²) in [6.45, 7) is 0.452. The van der Waals surface area contributed by atoms with Gasteiger partial charge in [-0.2, -0.15) is 0 Å². The Labute approximate surface area is 108 Å². The van der Waals surface area contributed by atoms with E-state index in [1.165, 1.54) is 12.1 Å². The van der Waals surface area contributed by atoms with E-state index in [9.17, 15) is 14.0 Å². The van der Waals surface area contributed by atoms with E-state index >= 15 is 0 Å². The Morgan fingerprint density at radius 1 is 1.28 bits per heavy atom. The van der Waals surface area contributed by atoms with Gasteiger partial charge in [0.25, 0.3) is 11.1 Å². The quantitative estimate of drug-likeness (QED) is 0.848. The Bertz CT molecular complexity index is 513. The summed E-state index contributed by atoms with van der Waals surface area (Å²) in [6.07, 6.45) is 1.57. The number of halogens is 1. The molecule has 2 amide bonds. The maximum Gasteiger partial charge on any atom is 0.293 e. The normalized spacial score (nSPS) is 17.9. The Kier molecular flexibility index (Phi) is 3.78. The summed E-state index contributed by atoms with van der Waals surface area (Å²) in [6, 6.07) is 5.70. The lowest BCUT2D eigenvalue weighted by atomic mass is 10.2. The SMILES string of the molecule is NCCN1C(=O)S/C(=C\c2ccc(F)cc2)C1=O. The number of nitrogens with zero attached hydrogens (tertiary/aromatic N) is 1. The second kappa shape index (κ2) is 5.32. The van der Waals surface area contributed by atoms with Crippen molar-refractivity contribution < 1.29 is 14.0 Å². The molecule has 4 nitrogen and oxygen atoms in total. The van der Waals surface area contributed by atoms with Crippen molar-refractivity contribution in [2.75, 3.05) is 13.1 Å². The predicted molar refractivity (Wildman–Crippen MR) is 68.1 cm³/mol. The molecule has 1 aromatic rings. The van der Waals surface area contributed by atoms with Crippen molar-refractivity contribution in [2.24, 2.45) is 5.73 Å². The topological polar surface area (TPSA) is 63.4 Å². The summed E-state index contributed by atoms with van der Waals surface area (Å²) in [7, 11) is 0. The van der Waals surface area contributed by atoms with Gasteiger partial charge >= 0.3 is 0 Å². The molecule has 0 saturated carbocycles. The van der Waals surface area contributed by atoms with Gasteiger partial charge in [-0.25, -0.2) is 4.39 Å². The van der Waals surface area contributed by atoms with Crippen molar-refractivity contribution in [3.63, 3.8) is 0 Å². The minimum Gasteiger partial charge on any atom is -0.329 e. The highest BCUT2D eigenvalue weighted by Crippen LogP contribution is 2.31. The number of imide groups is 1. The first kappa shape index (κ1) is 12.8. The third-order valence-electron chi connectivity index (χ3n) is 2.39. The Morgan fingerprint density at radius 2 is 1.94 bits per heavy atom. The second-order valence-corrected chi connectivity index (χ2v) is 4.67. The number of thioether (sulfide) groups is 1. The van der Waals surface area contributed by atoms with E-state index in [4.69, 9.17) is 5.73 Å². The van der Waals surface area contributed by atoms with Crippen LogP contribution in [0.3, 0.4) is 0 Å². The molecule has 0 spiro atoms. The molecule has 18 heavy (non-hydrogen) atoms. The summed E-state index contributed by atoms with van der Waals surface area (Å²) in [5.74, 6) is -0.692. The molecule has 6 heteroatoms. The molecule has 1 fully saturated rings. The first-order valence-corrected chi connectivity index (χ1v) is 6.14. The van der Waals surface area contributed by atoms with Gasteiger partial charge in [0.05, 0.1) is 4.91 Å². The molecular weight excluding hydrogens is 255 g/mol. The van der Waals surface area contributed by atoms with Gasteiger partial charge < -0.3 is 5.73 Å². The van der Waals surface area contributed by atoms with Crippen molar-refractivity contribution >= 4 is 29.0 Å². The van der Waals surface area contributed by atoms with Gasteiger partial charge in [-0.05, 0) is 35.5 Å². The summed E-state index contributed by atoms with van der Waals surface area (Å²) in [4.78, 5) is 24.8. The van der Waals surface area contributed by atoms with Crippen LogP contribution in [0.2, 0.25) is 0 Å². The fourth-order valence-corrected chi connectivity index (χ4v) is 2.40. The summed E-state index contributed by atoms with van der Waals surface area (Å²) < 4.78 is 12.7. The molecule has 1 saturated heterocycles. The number of carbonyl (C=O) groups is 2. The molecule has 2 N–H and O–H groups in total. The van der Waals surface area contributed by atoms with Gasteiger partial charge in [-0.1, -0.05) is 12.1 Å². The van der Waals surface area contributed by atoms with E-state index in [-0.39, 0.29) is 30.1 Å². The van der Waals surface area contributed by atoms with Crippen LogP contribution >= 0.6 is 11.8 Å². The molecule has 1 aliphatic rings. The minimum absolute atomic E-state index is 0.214. The van der Waals surface area contributed by atoms with E-state index < -0.39 is 0 Å². The van der Waals surface area contributed by atoms with Crippen LogP contribution in [0.1, 0.15) is 5.56 Å². The zero-order chi connectivity index (χ0) is 13.1. The maximum atomic E-state index is 12.7. The second-order valence-electron chi connectivity index (χ2n) is 3.67. The van der Waals surface area contributed by atoms with Crippen LogP contribution in [0.4, 0.5) is 9.18 Å². The van der Waals surface area contributed by atoms with Crippen LogP contribution in [0.25, 0.3) is 6.08 Å². The lowest BCUT2D eigenvalue weighted by Crippen LogP contribution is -2.33. The van der Waals surface area contributed by atoms with Crippen LogP contribution in [-0.4, -0.2) is 29.1 Å².